The van der Waals surface area contributed by atoms with Crippen LogP contribution in [0.5, 0.6) is 0 Å². The first kappa shape index (κ1) is 28.0. The average molecular weight is 487 g/mol. The lowest BCUT2D eigenvalue weighted by Crippen LogP contribution is -2.63. The molecule has 1 saturated carbocycles. The summed E-state index contributed by atoms with van der Waals surface area (Å²) in [5.41, 5.74) is 0. The van der Waals surface area contributed by atoms with E-state index in [9.17, 15) is 19.2 Å². The van der Waals surface area contributed by atoms with Gasteiger partial charge < -0.3 is 28.4 Å². The van der Waals surface area contributed by atoms with Crippen LogP contribution in [0.15, 0.2) is 0 Å². The van der Waals surface area contributed by atoms with Crippen LogP contribution in [0.4, 0.5) is 0 Å². The van der Waals surface area contributed by atoms with Gasteiger partial charge in [0.1, 0.15) is 12.7 Å². The molecule has 34 heavy (non-hydrogen) atoms. The molecule has 10 nitrogen and oxygen atoms in total. The molecule has 0 aromatic carbocycles. The monoisotopic (exact) mass is 486 g/mol. The smallest absolute Gasteiger partial charge is 0.303 e. The second-order valence-corrected chi connectivity index (χ2v) is 9.57. The Morgan fingerprint density at radius 1 is 0.824 bits per heavy atom. The molecule has 0 spiro atoms. The van der Waals surface area contributed by atoms with Gasteiger partial charge in [-0.15, -0.1) is 0 Å². The van der Waals surface area contributed by atoms with E-state index in [2.05, 4.69) is 20.8 Å². The molecule has 1 aliphatic heterocycles. The molecule has 2 rings (SSSR count). The number of hydrogen-bond donors (Lipinski definition) is 0. The summed E-state index contributed by atoms with van der Waals surface area (Å²) in [6.45, 7) is 11.0. The summed E-state index contributed by atoms with van der Waals surface area (Å²) in [6.07, 6.45) is -3.07. The van der Waals surface area contributed by atoms with Gasteiger partial charge in [-0.25, -0.2) is 0 Å². The Kier molecular flexibility index (Phi) is 10.3. The van der Waals surface area contributed by atoms with Crippen LogP contribution in [0.2, 0.25) is 0 Å². The Morgan fingerprint density at radius 2 is 1.38 bits per heavy atom. The standard InChI is InChI=1S/C24H38O10/c1-12(2)18-9-8-13(3)10-19(18)33-24-23(32-17(7)28)22(31-16(6)27)21(30-15(5)26)20(34-24)11-29-14(4)25/h12-13,18-24H,8-11H2,1-7H3/t13-,18+,19-,20-,21-,22+,23+,24+/m1/s1. The minimum atomic E-state index is -1.22. The average Bonchev–Trinajstić information content (AvgIpc) is 2.69. The zero-order valence-corrected chi connectivity index (χ0v) is 21.1. The van der Waals surface area contributed by atoms with Gasteiger partial charge in [-0.2, -0.15) is 0 Å². The number of rotatable bonds is 8. The molecule has 0 aromatic rings. The number of carbonyl (C=O) groups excluding carboxylic acids is 4. The van der Waals surface area contributed by atoms with Crippen molar-refractivity contribution in [1.82, 2.24) is 0 Å². The van der Waals surface area contributed by atoms with Crippen LogP contribution in [-0.4, -0.2) is 67.3 Å². The van der Waals surface area contributed by atoms with Gasteiger partial charge in [0.2, 0.25) is 0 Å². The van der Waals surface area contributed by atoms with E-state index in [0.717, 1.165) is 19.3 Å². The van der Waals surface area contributed by atoms with E-state index >= 15 is 0 Å². The lowest BCUT2D eigenvalue weighted by Gasteiger charge is -2.46. The Morgan fingerprint density at radius 3 is 1.91 bits per heavy atom. The molecule has 1 saturated heterocycles. The SMILES string of the molecule is CC(=O)OC[C@H]1O[C@H](O[C@@H]2C[C@H](C)CC[C@H]2C(C)C)[C@@H](OC(C)=O)[C@@H](OC(C)=O)[C@@H]1OC(C)=O. The Hall–Kier alpha value is -2.20. The second kappa shape index (κ2) is 12.5. The molecule has 0 radical (unpaired) electrons. The normalized spacial score (nSPS) is 33.6. The summed E-state index contributed by atoms with van der Waals surface area (Å²) in [7, 11) is 0. The van der Waals surface area contributed by atoms with E-state index in [1.807, 2.05) is 0 Å². The van der Waals surface area contributed by atoms with E-state index in [0.29, 0.717) is 11.8 Å². The fourth-order valence-electron chi connectivity index (χ4n) is 4.74. The molecule has 2 aliphatic rings. The molecule has 1 heterocycles. The van der Waals surface area contributed by atoms with Gasteiger partial charge in [-0.05, 0) is 30.6 Å². The summed E-state index contributed by atoms with van der Waals surface area (Å²) in [5, 5.41) is 0. The van der Waals surface area contributed by atoms with E-state index < -0.39 is 54.6 Å². The van der Waals surface area contributed by atoms with Gasteiger partial charge in [0.25, 0.3) is 0 Å². The van der Waals surface area contributed by atoms with Crippen LogP contribution in [0.3, 0.4) is 0 Å². The summed E-state index contributed by atoms with van der Waals surface area (Å²) in [5.74, 6) is -1.50. The maximum atomic E-state index is 12.0. The van der Waals surface area contributed by atoms with Crippen molar-refractivity contribution in [2.75, 3.05) is 6.61 Å². The topological polar surface area (TPSA) is 124 Å². The summed E-state index contributed by atoms with van der Waals surface area (Å²) >= 11 is 0. The summed E-state index contributed by atoms with van der Waals surface area (Å²) < 4.78 is 34.0. The zero-order chi connectivity index (χ0) is 25.6. The largest absolute Gasteiger partial charge is 0.463 e. The third-order valence-electron chi connectivity index (χ3n) is 6.22. The molecular formula is C24H38O10. The molecule has 1 aliphatic carbocycles. The first-order chi connectivity index (χ1) is 15.9. The third kappa shape index (κ3) is 7.94. The van der Waals surface area contributed by atoms with Crippen molar-refractivity contribution in [1.29, 1.82) is 0 Å². The van der Waals surface area contributed by atoms with Gasteiger partial charge in [-0.1, -0.05) is 27.2 Å². The summed E-state index contributed by atoms with van der Waals surface area (Å²) in [6, 6.07) is 0. The van der Waals surface area contributed by atoms with Crippen LogP contribution < -0.4 is 0 Å². The number of hydrogen-bond acceptors (Lipinski definition) is 10. The number of ether oxygens (including phenoxy) is 6. The first-order valence-corrected chi connectivity index (χ1v) is 11.8. The molecule has 194 valence electrons. The highest BCUT2D eigenvalue weighted by Gasteiger charge is 2.53. The maximum absolute atomic E-state index is 12.0. The van der Waals surface area contributed by atoms with Crippen LogP contribution in [-0.2, 0) is 47.6 Å². The third-order valence-corrected chi connectivity index (χ3v) is 6.22. The second-order valence-electron chi connectivity index (χ2n) is 9.57. The van der Waals surface area contributed by atoms with Crippen LogP contribution in [0.1, 0.15) is 67.7 Å². The van der Waals surface area contributed by atoms with Crippen molar-refractivity contribution in [2.24, 2.45) is 17.8 Å². The molecule has 10 heteroatoms. The maximum Gasteiger partial charge on any atom is 0.303 e. The lowest BCUT2D eigenvalue weighted by atomic mass is 9.75. The molecule has 0 N–H and O–H groups in total. The van der Waals surface area contributed by atoms with Crippen molar-refractivity contribution in [3.05, 3.63) is 0 Å². The predicted molar refractivity (Wildman–Crippen MR) is 118 cm³/mol. The van der Waals surface area contributed by atoms with Crippen LogP contribution in [0, 0.1) is 17.8 Å². The fraction of sp³-hybridized carbons (Fsp3) is 0.833. The fourth-order valence-corrected chi connectivity index (χ4v) is 4.74. The van der Waals surface area contributed by atoms with E-state index in [-0.39, 0.29) is 18.6 Å². The molecule has 8 atom stereocenters. The molecule has 0 unspecified atom stereocenters. The van der Waals surface area contributed by atoms with Gasteiger partial charge in [0.05, 0.1) is 6.10 Å². The van der Waals surface area contributed by atoms with Crippen molar-refractivity contribution in [3.63, 3.8) is 0 Å². The lowest BCUT2D eigenvalue weighted by molar-refractivity contribution is -0.323. The van der Waals surface area contributed by atoms with Crippen molar-refractivity contribution in [3.8, 4) is 0 Å². The number of carbonyl (C=O) groups is 4. The quantitative estimate of drug-likeness (QED) is 0.373. The highest BCUT2D eigenvalue weighted by Crippen LogP contribution is 2.38. The molecule has 2 fully saturated rings. The molecule has 0 bridgehead atoms. The van der Waals surface area contributed by atoms with Gasteiger partial charge >= 0.3 is 23.9 Å². The van der Waals surface area contributed by atoms with Gasteiger partial charge in [-0.3, -0.25) is 19.2 Å². The molecule has 0 aromatic heterocycles. The Labute approximate surface area is 200 Å². The minimum absolute atomic E-state index is 0.190. The molecular weight excluding hydrogens is 448 g/mol. The van der Waals surface area contributed by atoms with E-state index in [4.69, 9.17) is 28.4 Å². The first-order valence-electron chi connectivity index (χ1n) is 11.8. The predicted octanol–water partition coefficient (Wildman–Crippen LogP) is 2.55. The van der Waals surface area contributed by atoms with E-state index in [1.54, 1.807) is 0 Å². The van der Waals surface area contributed by atoms with Crippen LogP contribution >= 0.6 is 0 Å². The zero-order valence-electron chi connectivity index (χ0n) is 21.1. The molecule has 0 amide bonds. The highest BCUT2D eigenvalue weighted by molar-refractivity contribution is 5.68. The highest BCUT2D eigenvalue weighted by atomic mass is 16.7. The Balaban J connectivity index is 2.43. The van der Waals surface area contributed by atoms with E-state index in [1.165, 1.54) is 27.7 Å². The van der Waals surface area contributed by atoms with Gasteiger partial charge in [0, 0.05) is 27.7 Å². The minimum Gasteiger partial charge on any atom is -0.463 e. The van der Waals surface area contributed by atoms with Gasteiger partial charge in [0.15, 0.2) is 24.6 Å². The van der Waals surface area contributed by atoms with Crippen LogP contribution in [0.25, 0.3) is 0 Å². The van der Waals surface area contributed by atoms with Crippen molar-refractivity contribution in [2.45, 2.75) is 105 Å². The number of esters is 4. The van der Waals surface area contributed by atoms with Crippen molar-refractivity contribution < 1.29 is 47.6 Å². The summed E-state index contributed by atoms with van der Waals surface area (Å²) in [4.78, 5) is 47.2. The Bertz CT molecular complexity index is 735. The van der Waals surface area contributed by atoms with Crippen molar-refractivity contribution >= 4 is 23.9 Å².